The molecule has 1 heterocycles. The van der Waals surface area contributed by atoms with Crippen LogP contribution < -0.4 is 0 Å². The number of fused-ring (bicyclic) bond motifs is 15. The molecule has 0 amide bonds. The van der Waals surface area contributed by atoms with Crippen LogP contribution >= 0.6 is 0 Å². The summed E-state index contributed by atoms with van der Waals surface area (Å²) in [5.74, 6) is 1.94. The first-order valence-corrected chi connectivity index (χ1v) is 23.1. The summed E-state index contributed by atoms with van der Waals surface area (Å²) in [6.45, 7) is 0. The van der Waals surface area contributed by atoms with Gasteiger partial charge < -0.3 is 0 Å². The Morgan fingerprint density at radius 2 is 0.731 bits per heavy atom. The number of rotatable bonds is 4. The SMILES string of the molecule is c1ccc(-c2cc3c4c(cccc4c2)-c2c-3cc3c(c2-c2nc(-c4ccc5ccccc5c4)nc(-c4ccc5ccccc5c4)n2)-c2ccccc2C32c3ccccc3-c3ccccc32)cc1. The summed E-state index contributed by atoms with van der Waals surface area (Å²) in [7, 11) is 0. The van der Waals surface area contributed by atoms with E-state index in [1.165, 1.54) is 93.9 Å². The molecule has 0 fully saturated rings. The molecule has 0 radical (unpaired) electrons. The molecule has 15 rings (SSSR count). The third-order valence-corrected chi connectivity index (χ3v) is 14.8. The number of benzene rings is 11. The van der Waals surface area contributed by atoms with Gasteiger partial charge in [0.1, 0.15) is 0 Å². The lowest BCUT2D eigenvalue weighted by Crippen LogP contribution is -2.26. The normalized spacial score (nSPS) is 13.2. The molecule has 0 aliphatic heterocycles. The zero-order chi connectivity index (χ0) is 43.8. The molecule has 11 aromatic carbocycles. The quantitative estimate of drug-likeness (QED) is 0.177. The van der Waals surface area contributed by atoms with Gasteiger partial charge in [-0.05, 0) is 135 Å². The van der Waals surface area contributed by atoms with Crippen molar-refractivity contribution >= 4 is 32.3 Å². The van der Waals surface area contributed by atoms with E-state index in [0.29, 0.717) is 17.5 Å². The Hall–Kier alpha value is -8.79. The summed E-state index contributed by atoms with van der Waals surface area (Å²) in [4.78, 5) is 16.7. The number of nitrogens with zero attached hydrogens (tertiary/aromatic N) is 3. The van der Waals surface area contributed by atoms with Crippen LogP contribution in [0.2, 0.25) is 0 Å². The smallest absolute Gasteiger partial charge is 0.165 e. The van der Waals surface area contributed by atoms with Crippen molar-refractivity contribution in [2.24, 2.45) is 0 Å². The third-order valence-electron chi connectivity index (χ3n) is 14.8. The zero-order valence-corrected chi connectivity index (χ0v) is 36.2. The second-order valence-corrected chi connectivity index (χ2v) is 18.2. The Bertz CT molecular complexity index is 3970. The molecule has 0 N–H and O–H groups in total. The second-order valence-electron chi connectivity index (χ2n) is 18.2. The van der Waals surface area contributed by atoms with Crippen LogP contribution in [0.4, 0.5) is 0 Å². The van der Waals surface area contributed by atoms with Gasteiger partial charge in [0.2, 0.25) is 0 Å². The molecule has 0 bridgehead atoms. The topological polar surface area (TPSA) is 38.7 Å². The highest BCUT2D eigenvalue weighted by Crippen LogP contribution is 2.67. The van der Waals surface area contributed by atoms with Gasteiger partial charge in [0.25, 0.3) is 0 Å². The third kappa shape index (κ3) is 5.03. The highest BCUT2D eigenvalue weighted by molar-refractivity contribution is 6.21. The average Bonchev–Trinajstić information content (AvgIpc) is 4.00. The summed E-state index contributed by atoms with van der Waals surface area (Å²) in [6.07, 6.45) is 0. The van der Waals surface area contributed by atoms with Gasteiger partial charge in [0.15, 0.2) is 17.5 Å². The highest BCUT2D eigenvalue weighted by Gasteiger charge is 2.53. The van der Waals surface area contributed by atoms with Crippen LogP contribution in [0.1, 0.15) is 22.3 Å². The summed E-state index contributed by atoms with van der Waals surface area (Å²) in [5, 5.41) is 7.10. The monoisotopic (exact) mass is 847 g/mol. The maximum absolute atomic E-state index is 5.67. The van der Waals surface area contributed by atoms with E-state index in [0.717, 1.165) is 33.0 Å². The molecule has 0 saturated heterocycles. The van der Waals surface area contributed by atoms with Crippen molar-refractivity contribution in [3.8, 4) is 89.8 Å². The first-order chi connectivity index (χ1) is 33.2. The Morgan fingerprint density at radius 1 is 0.239 bits per heavy atom. The zero-order valence-electron chi connectivity index (χ0n) is 36.2. The predicted molar refractivity (Wildman–Crippen MR) is 275 cm³/mol. The van der Waals surface area contributed by atoms with Gasteiger partial charge in [-0.3, -0.25) is 0 Å². The summed E-state index contributed by atoms with van der Waals surface area (Å²) < 4.78 is 0. The van der Waals surface area contributed by atoms with Crippen molar-refractivity contribution in [2.45, 2.75) is 5.41 Å². The maximum atomic E-state index is 5.67. The number of hydrogen-bond donors (Lipinski definition) is 0. The largest absolute Gasteiger partial charge is 0.208 e. The highest BCUT2D eigenvalue weighted by atomic mass is 15.0. The van der Waals surface area contributed by atoms with Gasteiger partial charge in [-0.1, -0.05) is 194 Å². The van der Waals surface area contributed by atoms with E-state index in [4.69, 9.17) is 15.0 Å². The molecule has 1 aromatic heterocycles. The molecule has 3 nitrogen and oxygen atoms in total. The summed E-state index contributed by atoms with van der Waals surface area (Å²) in [5.41, 5.74) is 19.6. The Labute approximate surface area is 387 Å². The van der Waals surface area contributed by atoms with Crippen LogP contribution in [-0.4, -0.2) is 15.0 Å². The lowest BCUT2D eigenvalue weighted by molar-refractivity contribution is 0.794. The minimum absolute atomic E-state index is 0.580. The van der Waals surface area contributed by atoms with E-state index >= 15 is 0 Å². The van der Waals surface area contributed by atoms with Crippen molar-refractivity contribution in [1.29, 1.82) is 0 Å². The minimum Gasteiger partial charge on any atom is -0.208 e. The van der Waals surface area contributed by atoms with Crippen molar-refractivity contribution < 1.29 is 0 Å². The standard InChI is InChI=1S/C64H37N3/c1-2-15-38(16-3-1)46-35-43-21-14-25-50-57(43)51(36-46)52-37-56-59(49-24-10-13-28-55(49)64(56)53-26-11-8-22-47(53)48-23-9-12-27-54(48)64)60(58(50)52)63-66-61(44-31-29-39-17-4-6-19-41(39)33-44)65-62(67-63)45-32-30-40-18-5-7-20-42(40)34-45/h1-37H. The molecule has 3 heteroatoms. The average molecular weight is 848 g/mol. The molecule has 3 aliphatic rings. The molecular weight excluding hydrogens is 811 g/mol. The minimum atomic E-state index is -0.580. The van der Waals surface area contributed by atoms with Crippen LogP contribution in [0.3, 0.4) is 0 Å². The Morgan fingerprint density at radius 3 is 1.37 bits per heavy atom. The van der Waals surface area contributed by atoms with Crippen LogP contribution in [-0.2, 0) is 5.41 Å². The fraction of sp³-hybridized carbons (Fsp3) is 0.0156. The fourth-order valence-electron chi connectivity index (χ4n) is 12.0. The number of aromatic nitrogens is 3. The Balaban J connectivity index is 1.11. The van der Waals surface area contributed by atoms with E-state index in [1.54, 1.807) is 0 Å². The first-order valence-electron chi connectivity index (χ1n) is 23.1. The second kappa shape index (κ2) is 13.6. The molecule has 1 spiro atoms. The molecule has 12 aromatic rings. The molecule has 0 unspecified atom stereocenters. The maximum Gasteiger partial charge on any atom is 0.165 e. The van der Waals surface area contributed by atoms with E-state index in [2.05, 4.69) is 224 Å². The van der Waals surface area contributed by atoms with E-state index in [-0.39, 0.29) is 0 Å². The Kier molecular flexibility index (Phi) is 7.43. The molecule has 67 heavy (non-hydrogen) atoms. The van der Waals surface area contributed by atoms with Crippen LogP contribution in [0.5, 0.6) is 0 Å². The van der Waals surface area contributed by atoms with Crippen LogP contribution in [0.25, 0.3) is 122 Å². The van der Waals surface area contributed by atoms with Crippen LogP contribution in [0, 0.1) is 0 Å². The van der Waals surface area contributed by atoms with Gasteiger partial charge in [-0.25, -0.2) is 15.0 Å². The molecule has 3 aliphatic carbocycles. The van der Waals surface area contributed by atoms with E-state index in [1.807, 2.05) is 0 Å². The van der Waals surface area contributed by atoms with E-state index < -0.39 is 5.41 Å². The van der Waals surface area contributed by atoms with Crippen molar-refractivity contribution in [3.05, 3.63) is 247 Å². The molecular formula is C64H37N3. The van der Waals surface area contributed by atoms with Gasteiger partial charge in [0.05, 0.1) is 5.41 Å². The van der Waals surface area contributed by atoms with Gasteiger partial charge in [-0.2, -0.15) is 0 Å². The van der Waals surface area contributed by atoms with Crippen molar-refractivity contribution in [1.82, 2.24) is 15.0 Å². The summed E-state index contributed by atoms with van der Waals surface area (Å²) in [6, 6.07) is 82.2. The van der Waals surface area contributed by atoms with Gasteiger partial charge in [0, 0.05) is 22.3 Å². The van der Waals surface area contributed by atoms with E-state index in [9.17, 15) is 0 Å². The molecule has 0 saturated carbocycles. The van der Waals surface area contributed by atoms with Crippen LogP contribution in [0.15, 0.2) is 224 Å². The fourth-order valence-corrected chi connectivity index (χ4v) is 12.0. The lowest BCUT2D eigenvalue weighted by Gasteiger charge is -2.31. The lowest BCUT2D eigenvalue weighted by atomic mass is 9.70. The van der Waals surface area contributed by atoms with Gasteiger partial charge in [-0.15, -0.1) is 0 Å². The van der Waals surface area contributed by atoms with Crippen molar-refractivity contribution in [3.63, 3.8) is 0 Å². The summed E-state index contributed by atoms with van der Waals surface area (Å²) >= 11 is 0. The van der Waals surface area contributed by atoms with Crippen molar-refractivity contribution in [2.75, 3.05) is 0 Å². The van der Waals surface area contributed by atoms with Gasteiger partial charge >= 0.3 is 0 Å². The molecule has 308 valence electrons. The first kappa shape index (κ1) is 36.5. The molecule has 0 atom stereocenters. The predicted octanol–water partition coefficient (Wildman–Crippen LogP) is 16.0. The number of hydrogen-bond acceptors (Lipinski definition) is 3.